The minimum atomic E-state index is 0.852. The van der Waals surface area contributed by atoms with Gasteiger partial charge in [0.15, 0.2) is 0 Å². The molecule has 0 spiro atoms. The first-order valence-electron chi connectivity index (χ1n) is 6.66. The van der Waals surface area contributed by atoms with E-state index in [1.165, 1.54) is 25.7 Å². The predicted octanol–water partition coefficient (Wildman–Crippen LogP) is 3.29. The Morgan fingerprint density at radius 2 is 1.59 bits per heavy atom. The number of unbranched alkanes of at least 4 members (excludes halogenated alkanes) is 3. The van der Waals surface area contributed by atoms with Crippen LogP contribution in [0.1, 0.15) is 46.0 Å². The van der Waals surface area contributed by atoms with Gasteiger partial charge in [-0.2, -0.15) is 0 Å². The van der Waals surface area contributed by atoms with Gasteiger partial charge in [0, 0.05) is 13.1 Å². The molecule has 1 rings (SSSR count). The molecule has 4 nitrogen and oxygen atoms in total. The van der Waals surface area contributed by atoms with Gasteiger partial charge in [-0.1, -0.05) is 33.1 Å². The highest BCUT2D eigenvalue weighted by Crippen LogP contribution is 2.07. The van der Waals surface area contributed by atoms with Crippen LogP contribution in [0.5, 0.6) is 0 Å². The Kier molecular flexibility index (Phi) is 7.11. The van der Waals surface area contributed by atoms with Gasteiger partial charge in [0.05, 0.1) is 12.4 Å². The minimum absolute atomic E-state index is 0.852. The highest BCUT2D eigenvalue weighted by molar-refractivity contribution is 5.41. The molecule has 1 aromatic rings. The first kappa shape index (κ1) is 13.7. The first-order valence-corrected chi connectivity index (χ1v) is 6.66. The van der Waals surface area contributed by atoms with Crippen molar-refractivity contribution in [2.75, 3.05) is 23.7 Å². The summed E-state index contributed by atoms with van der Waals surface area (Å²) in [6.07, 6.45) is 9.69. The first-order chi connectivity index (χ1) is 8.36. The molecule has 96 valence electrons. The summed E-state index contributed by atoms with van der Waals surface area (Å²) >= 11 is 0. The molecule has 0 aromatic carbocycles. The van der Waals surface area contributed by atoms with Crippen LogP contribution in [0.25, 0.3) is 0 Å². The SMILES string of the molecule is CCCCCCNc1cncc(NCCC)n1. The van der Waals surface area contributed by atoms with Crippen LogP contribution in [-0.4, -0.2) is 23.1 Å². The third-order valence-corrected chi connectivity index (χ3v) is 2.53. The van der Waals surface area contributed by atoms with Crippen LogP contribution in [0.3, 0.4) is 0 Å². The van der Waals surface area contributed by atoms with Gasteiger partial charge in [-0.15, -0.1) is 0 Å². The van der Waals surface area contributed by atoms with Crippen LogP contribution in [0.4, 0.5) is 11.6 Å². The lowest BCUT2D eigenvalue weighted by Crippen LogP contribution is -2.07. The van der Waals surface area contributed by atoms with Gasteiger partial charge in [-0.3, -0.25) is 4.98 Å². The van der Waals surface area contributed by atoms with Crippen LogP contribution < -0.4 is 10.6 Å². The highest BCUT2D eigenvalue weighted by Gasteiger charge is 1.97. The summed E-state index contributed by atoms with van der Waals surface area (Å²) < 4.78 is 0. The Labute approximate surface area is 104 Å². The number of hydrogen-bond donors (Lipinski definition) is 2. The molecule has 0 aliphatic heterocycles. The topological polar surface area (TPSA) is 49.8 Å². The quantitative estimate of drug-likeness (QED) is 0.646. The van der Waals surface area contributed by atoms with E-state index in [2.05, 4.69) is 34.4 Å². The fourth-order valence-corrected chi connectivity index (χ4v) is 1.56. The van der Waals surface area contributed by atoms with Crippen molar-refractivity contribution in [1.29, 1.82) is 0 Å². The number of anilines is 2. The molecule has 0 saturated heterocycles. The number of hydrogen-bond acceptors (Lipinski definition) is 4. The normalized spacial score (nSPS) is 10.2. The molecule has 2 N–H and O–H groups in total. The summed E-state index contributed by atoms with van der Waals surface area (Å²) in [5.41, 5.74) is 0. The molecule has 1 aromatic heterocycles. The summed E-state index contributed by atoms with van der Waals surface area (Å²) in [5.74, 6) is 1.72. The van der Waals surface area contributed by atoms with E-state index in [1.54, 1.807) is 12.4 Å². The van der Waals surface area contributed by atoms with Crippen LogP contribution in [0.15, 0.2) is 12.4 Å². The smallest absolute Gasteiger partial charge is 0.146 e. The van der Waals surface area contributed by atoms with Crippen molar-refractivity contribution in [3.8, 4) is 0 Å². The summed E-state index contributed by atoms with van der Waals surface area (Å²) in [6.45, 7) is 6.28. The Hall–Kier alpha value is -1.32. The number of nitrogens with zero attached hydrogens (tertiary/aromatic N) is 2. The minimum Gasteiger partial charge on any atom is -0.369 e. The molecule has 4 heteroatoms. The second-order valence-corrected chi connectivity index (χ2v) is 4.20. The molecule has 0 aliphatic rings. The van der Waals surface area contributed by atoms with Gasteiger partial charge in [0.1, 0.15) is 11.6 Å². The number of nitrogens with one attached hydrogen (secondary N) is 2. The maximum Gasteiger partial charge on any atom is 0.146 e. The molecule has 0 bridgehead atoms. The molecule has 1 heterocycles. The summed E-state index contributed by atoms with van der Waals surface area (Å²) in [4.78, 5) is 8.61. The van der Waals surface area contributed by atoms with Gasteiger partial charge in [-0.25, -0.2) is 4.98 Å². The average molecular weight is 236 g/mol. The summed E-state index contributed by atoms with van der Waals surface area (Å²) in [6, 6.07) is 0. The highest BCUT2D eigenvalue weighted by atomic mass is 15.1. The third-order valence-electron chi connectivity index (χ3n) is 2.53. The monoisotopic (exact) mass is 236 g/mol. The van der Waals surface area contributed by atoms with Gasteiger partial charge < -0.3 is 10.6 Å². The van der Waals surface area contributed by atoms with Crippen LogP contribution in [0.2, 0.25) is 0 Å². The van der Waals surface area contributed by atoms with E-state index >= 15 is 0 Å². The predicted molar refractivity (Wildman–Crippen MR) is 73.4 cm³/mol. The fourth-order valence-electron chi connectivity index (χ4n) is 1.56. The van der Waals surface area contributed by atoms with E-state index in [9.17, 15) is 0 Å². The summed E-state index contributed by atoms with van der Waals surface area (Å²) in [7, 11) is 0. The molecular formula is C13H24N4. The molecule has 0 unspecified atom stereocenters. The molecule has 0 radical (unpaired) electrons. The van der Waals surface area contributed by atoms with Crippen LogP contribution in [-0.2, 0) is 0 Å². The van der Waals surface area contributed by atoms with Gasteiger partial charge in [0.25, 0.3) is 0 Å². The fraction of sp³-hybridized carbons (Fsp3) is 0.692. The zero-order valence-electron chi connectivity index (χ0n) is 11.0. The van der Waals surface area contributed by atoms with E-state index in [0.29, 0.717) is 0 Å². The van der Waals surface area contributed by atoms with Crippen molar-refractivity contribution < 1.29 is 0 Å². The largest absolute Gasteiger partial charge is 0.369 e. The Bertz CT molecular complexity index is 301. The van der Waals surface area contributed by atoms with Crippen molar-refractivity contribution in [2.24, 2.45) is 0 Å². The Morgan fingerprint density at radius 3 is 2.24 bits per heavy atom. The molecule has 0 saturated carbocycles. The van der Waals surface area contributed by atoms with Crippen molar-refractivity contribution in [2.45, 2.75) is 46.0 Å². The van der Waals surface area contributed by atoms with E-state index in [4.69, 9.17) is 0 Å². The maximum atomic E-state index is 4.44. The molecular weight excluding hydrogens is 212 g/mol. The summed E-state index contributed by atoms with van der Waals surface area (Å²) in [5, 5.41) is 6.54. The number of aromatic nitrogens is 2. The van der Waals surface area contributed by atoms with E-state index in [-0.39, 0.29) is 0 Å². The second-order valence-electron chi connectivity index (χ2n) is 4.20. The van der Waals surface area contributed by atoms with Crippen LogP contribution in [0, 0.1) is 0 Å². The Balaban J connectivity index is 2.27. The average Bonchev–Trinajstić information content (AvgIpc) is 2.37. The zero-order valence-corrected chi connectivity index (χ0v) is 11.0. The molecule has 0 aliphatic carbocycles. The molecule has 0 atom stereocenters. The van der Waals surface area contributed by atoms with Crippen molar-refractivity contribution in [1.82, 2.24) is 9.97 Å². The third kappa shape index (κ3) is 6.09. The lowest BCUT2D eigenvalue weighted by Gasteiger charge is -2.07. The van der Waals surface area contributed by atoms with Crippen molar-refractivity contribution >= 4 is 11.6 Å². The number of rotatable bonds is 9. The maximum absolute atomic E-state index is 4.44. The molecule has 0 fully saturated rings. The molecule has 0 amide bonds. The van der Waals surface area contributed by atoms with Crippen molar-refractivity contribution in [3.63, 3.8) is 0 Å². The zero-order chi connectivity index (χ0) is 12.3. The Morgan fingerprint density at radius 1 is 0.882 bits per heavy atom. The standard InChI is InChI=1S/C13H24N4/c1-3-5-6-7-9-16-13-11-14-10-12(17-13)15-8-4-2/h10-11H,3-9H2,1-2H3,(H2,15,16,17). The van der Waals surface area contributed by atoms with E-state index < -0.39 is 0 Å². The van der Waals surface area contributed by atoms with Crippen molar-refractivity contribution in [3.05, 3.63) is 12.4 Å². The van der Waals surface area contributed by atoms with Gasteiger partial charge >= 0.3 is 0 Å². The van der Waals surface area contributed by atoms with Gasteiger partial charge in [-0.05, 0) is 12.8 Å². The van der Waals surface area contributed by atoms with Gasteiger partial charge in [0.2, 0.25) is 0 Å². The second kappa shape index (κ2) is 8.79. The van der Waals surface area contributed by atoms with E-state index in [1.807, 2.05) is 0 Å². The van der Waals surface area contributed by atoms with Crippen LogP contribution >= 0.6 is 0 Å². The van der Waals surface area contributed by atoms with E-state index in [0.717, 1.165) is 31.1 Å². The molecule has 17 heavy (non-hydrogen) atoms. The lowest BCUT2D eigenvalue weighted by atomic mass is 10.2. The lowest BCUT2D eigenvalue weighted by molar-refractivity contribution is 0.684.